The molecular weight excluding hydrogens is 344 g/mol. The van der Waals surface area contributed by atoms with E-state index >= 15 is 0 Å². The summed E-state index contributed by atoms with van der Waals surface area (Å²) in [6.07, 6.45) is 4.68. The van der Waals surface area contributed by atoms with E-state index in [2.05, 4.69) is 22.8 Å². The largest absolute Gasteiger partial charge is 0.387 e. The molecule has 1 aliphatic carbocycles. The molecular formula is C21H32N2O4. The fourth-order valence-corrected chi connectivity index (χ4v) is 3.55. The molecule has 0 heterocycles. The minimum absolute atomic E-state index is 0.0419. The molecule has 27 heavy (non-hydrogen) atoms. The fourth-order valence-electron chi connectivity index (χ4n) is 3.55. The Kier molecular flexibility index (Phi) is 9.28. The van der Waals surface area contributed by atoms with Crippen molar-refractivity contribution in [3.8, 4) is 0 Å². The van der Waals surface area contributed by atoms with Crippen LogP contribution in [0.3, 0.4) is 0 Å². The van der Waals surface area contributed by atoms with Crippen LogP contribution in [0.15, 0.2) is 30.3 Å². The van der Waals surface area contributed by atoms with Gasteiger partial charge >= 0.3 is 0 Å². The molecule has 1 aromatic rings. The van der Waals surface area contributed by atoms with Crippen molar-refractivity contribution in [3.63, 3.8) is 0 Å². The lowest BCUT2D eigenvalue weighted by Gasteiger charge is -2.35. The Hall–Kier alpha value is -1.92. The summed E-state index contributed by atoms with van der Waals surface area (Å²) in [6.45, 7) is 2.77. The van der Waals surface area contributed by atoms with Gasteiger partial charge in [0.1, 0.15) is 6.61 Å². The first-order chi connectivity index (χ1) is 13.1. The molecule has 6 nitrogen and oxygen atoms in total. The Balaban J connectivity index is 1.78. The van der Waals surface area contributed by atoms with E-state index in [9.17, 15) is 9.59 Å². The van der Waals surface area contributed by atoms with Crippen LogP contribution in [0.2, 0.25) is 0 Å². The van der Waals surface area contributed by atoms with Gasteiger partial charge in [-0.1, -0.05) is 37.3 Å². The number of hydrogen-bond acceptors (Lipinski definition) is 4. The molecule has 0 aromatic heterocycles. The molecule has 0 aliphatic heterocycles. The second-order valence-electron chi connectivity index (χ2n) is 7.13. The molecule has 1 aliphatic rings. The quantitative estimate of drug-likeness (QED) is 0.544. The van der Waals surface area contributed by atoms with Crippen molar-refractivity contribution in [3.05, 3.63) is 35.9 Å². The molecule has 0 unspecified atom stereocenters. The number of aliphatic hydroxyl groups is 1. The molecule has 0 bridgehead atoms. The molecule has 0 radical (unpaired) electrons. The average Bonchev–Trinajstić information content (AvgIpc) is 2.70. The maximum atomic E-state index is 12.5. The molecule has 1 aromatic carbocycles. The van der Waals surface area contributed by atoms with Gasteiger partial charge in [0.2, 0.25) is 11.8 Å². The zero-order valence-corrected chi connectivity index (χ0v) is 16.2. The first-order valence-electron chi connectivity index (χ1n) is 9.97. The number of ether oxygens (including phenoxy) is 1. The van der Waals surface area contributed by atoms with E-state index in [1.807, 2.05) is 25.1 Å². The number of carbonyl (C=O) groups is 2. The minimum Gasteiger partial charge on any atom is -0.387 e. The number of carbonyl (C=O) groups excluding carboxylic acids is 2. The molecule has 3 atom stereocenters. The summed E-state index contributed by atoms with van der Waals surface area (Å²) in [5.41, 5.74) is 1.27. The molecule has 150 valence electrons. The number of aliphatic hydroxyl groups excluding tert-OH is 1. The second kappa shape index (κ2) is 11.7. The van der Waals surface area contributed by atoms with E-state index in [1.165, 1.54) is 5.56 Å². The topological polar surface area (TPSA) is 87.7 Å². The van der Waals surface area contributed by atoms with Crippen molar-refractivity contribution in [2.45, 2.75) is 57.6 Å². The molecule has 3 N–H and O–H groups in total. The molecule has 0 spiro atoms. The highest BCUT2D eigenvalue weighted by Crippen LogP contribution is 2.27. The third-order valence-electron chi connectivity index (χ3n) is 4.97. The highest BCUT2D eigenvalue weighted by Gasteiger charge is 2.35. The normalized spacial score (nSPS) is 22.2. The predicted octanol–water partition coefficient (Wildman–Crippen LogP) is 1.81. The highest BCUT2D eigenvalue weighted by molar-refractivity contribution is 5.79. The summed E-state index contributed by atoms with van der Waals surface area (Å²) in [4.78, 5) is 24.1. The van der Waals surface area contributed by atoms with Gasteiger partial charge in [-0.2, -0.15) is 0 Å². The van der Waals surface area contributed by atoms with Gasteiger partial charge in [-0.05, 0) is 44.1 Å². The lowest BCUT2D eigenvalue weighted by molar-refractivity contribution is -0.131. The standard InChI is InChI=1S/C21H32N2O4/c1-2-13-27-19-11-10-17(14-18(19)23-20(25)15-24)21(26)22-12-6-9-16-7-4-3-5-8-16/h3-5,7-8,17-19,24H,2,6,9-15H2,1H3,(H,22,26)(H,23,25)/t17-,18+,19+/m0/s1. The van der Waals surface area contributed by atoms with Gasteiger partial charge in [-0.3, -0.25) is 9.59 Å². The first kappa shape index (κ1) is 21.4. The lowest BCUT2D eigenvalue weighted by atomic mass is 9.83. The third-order valence-corrected chi connectivity index (χ3v) is 4.97. The summed E-state index contributed by atoms with van der Waals surface area (Å²) < 4.78 is 5.84. The van der Waals surface area contributed by atoms with Gasteiger partial charge in [0.05, 0.1) is 12.1 Å². The van der Waals surface area contributed by atoms with E-state index < -0.39 is 12.5 Å². The summed E-state index contributed by atoms with van der Waals surface area (Å²) in [6, 6.07) is 9.99. The predicted molar refractivity (Wildman–Crippen MR) is 104 cm³/mol. The Labute approximate surface area is 161 Å². The van der Waals surface area contributed by atoms with Crippen molar-refractivity contribution < 1.29 is 19.4 Å². The Morgan fingerprint density at radius 2 is 2.00 bits per heavy atom. The summed E-state index contributed by atoms with van der Waals surface area (Å²) in [5, 5.41) is 14.8. The summed E-state index contributed by atoms with van der Waals surface area (Å²) in [7, 11) is 0. The second-order valence-corrected chi connectivity index (χ2v) is 7.13. The van der Waals surface area contributed by atoms with E-state index in [4.69, 9.17) is 9.84 Å². The maximum Gasteiger partial charge on any atom is 0.246 e. The molecule has 2 amide bonds. The van der Waals surface area contributed by atoms with Gasteiger partial charge in [0, 0.05) is 19.1 Å². The molecule has 2 rings (SSSR count). The number of benzene rings is 1. The van der Waals surface area contributed by atoms with Crippen LogP contribution in [-0.4, -0.2) is 48.8 Å². The van der Waals surface area contributed by atoms with E-state index in [0.717, 1.165) is 32.1 Å². The molecule has 1 fully saturated rings. The van der Waals surface area contributed by atoms with Gasteiger partial charge in [0.25, 0.3) is 0 Å². The maximum absolute atomic E-state index is 12.5. The average molecular weight is 376 g/mol. The van der Waals surface area contributed by atoms with Crippen LogP contribution in [0.25, 0.3) is 0 Å². The van der Waals surface area contributed by atoms with Crippen LogP contribution in [-0.2, 0) is 20.7 Å². The van der Waals surface area contributed by atoms with E-state index in [0.29, 0.717) is 19.6 Å². The number of rotatable bonds is 10. The summed E-state index contributed by atoms with van der Waals surface area (Å²) >= 11 is 0. The SMILES string of the molecule is CCCO[C@@H]1CC[C@H](C(=O)NCCCc2ccccc2)C[C@H]1NC(=O)CO. The van der Waals surface area contributed by atoms with Gasteiger partial charge in [-0.15, -0.1) is 0 Å². The highest BCUT2D eigenvalue weighted by atomic mass is 16.5. The van der Waals surface area contributed by atoms with Crippen LogP contribution in [0.4, 0.5) is 0 Å². The lowest BCUT2D eigenvalue weighted by Crippen LogP contribution is -2.51. The van der Waals surface area contributed by atoms with Crippen molar-refractivity contribution in [1.82, 2.24) is 10.6 Å². The van der Waals surface area contributed by atoms with Crippen molar-refractivity contribution >= 4 is 11.8 Å². The third kappa shape index (κ3) is 7.31. The minimum atomic E-state index is -0.548. The van der Waals surface area contributed by atoms with Crippen LogP contribution >= 0.6 is 0 Å². The monoisotopic (exact) mass is 376 g/mol. The van der Waals surface area contributed by atoms with Crippen LogP contribution in [0, 0.1) is 5.92 Å². The summed E-state index contributed by atoms with van der Waals surface area (Å²) in [5.74, 6) is -0.513. The number of hydrogen-bond donors (Lipinski definition) is 3. The van der Waals surface area contributed by atoms with Crippen molar-refractivity contribution in [1.29, 1.82) is 0 Å². The Morgan fingerprint density at radius 1 is 1.22 bits per heavy atom. The van der Waals surface area contributed by atoms with Gasteiger partial charge in [-0.25, -0.2) is 0 Å². The smallest absolute Gasteiger partial charge is 0.246 e. The van der Waals surface area contributed by atoms with E-state index in [1.54, 1.807) is 0 Å². The van der Waals surface area contributed by atoms with Crippen LogP contribution < -0.4 is 10.6 Å². The van der Waals surface area contributed by atoms with Gasteiger partial charge in [0.15, 0.2) is 0 Å². The molecule has 1 saturated carbocycles. The number of amides is 2. The van der Waals surface area contributed by atoms with Crippen LogP contribution in [0.1, 0.15) is 44.6 Å². The van der Waals surface area contributed by atoms with Crippen molar-refractivity contribution in [2.24, 2.45) is 5.92 Å². The number of aryl methyl sites for hydroxylation is 1. The number of nitrogens with one attached hydrogen (secondary N) is 2. The van der Waals surface area contributed by atoms with Crippen LogP contribution in [0.5, 0.6) is 0 Å². The zero-order valence-electron chi connectivity index (χ0n) is 16.2. The fraction of sp³-hybridized carbons (Fsp3) is 0.619. The van der Waals surface area contributed by atoms with Crippen molar-refractivity contribution in [2.75, 3.05) is 19.8 Å². The van der Waals surface area contributed by atoms with Gasteiger partial charge < -0.3 is 20.5 Å². The Morgan fingerprint density at radius 3 is 2.70 bits per heavy atom. The first-order valence-corrected chi connectivity index (χ1v) is 9.97. The van der Waals surface area contributed by atoms with E-state index in [-0.39, 0.29) is 24.0 Å². The zero-order chi connectivity index (χ0) is 19.5. The molecule has 0 saturated heterocycles. The molecule has 6 heteroatoms. The Bertz CT molecular complexity index is 579.